The van der Waals surface area contributed by atoms with Crippen LogP contribution in [0.5, 0.6) is 0 Å². The van der Waals surface area contributed by atoms with Crippen molar-refractivity contribution in [3.05, 3.63) is 24.3 Å². The van der Waals surface area contributed by atoms with Crippen molar-refractivity contribution in [2.45, 2.75) is 29.9 Å². The first-order chi connectivity index (χ1) is 8.69. The van der Waals surface area contributed by atoms with E-state index < -0.39 is 12.1 Å². The molecule has 0 radical (unpaired) electrons. The molecule has 0 bridgehead atoms. The van der Waals surface area contributed by atoms with Gasteiger partial charge in [-0.25, -0.2) is 4.79 Å². The lowest BCUT2D eigenvalue weighted by atomic mass is 10.2. The SMILES string of the molecule is CSc1ccc(NCC2CCC(C(=O)O)O2)cc1. The maximum atomic E-state index is 10.7. The van der Waals surface area contributed by atoms with E-state index in [1.54, 1.807) is 11.8 Å². The predicted molar refractivity (Wildman–Crippen MR) is 72.2 cm³/mol. The number of rotatable bonds is 5. The van der Waals surface area contributed by atoms with Crippen LogP contribution in [0.2, 0.25) is 0 Å². The number of carboxylic acids is 1. The van der Waals surface area contributed by atoms with Gasteiger partial charge in [0, 0.05) is 17.1 Å². The Hall–Kier alpha value is -1.20. The Morgan fingerprint density at radius 1 is 1.44 bits per heavy atom. The zero-order chi connectivity index (χ0) is 13.0. The summed E-state index contributed by atoms with van der Waals surface area (Å²) in [6.45, 7) is 0.655. The molecule has 2 N–H and O–H groups in total. The van der Waals surface area contributed by atoms with Crippen LogP contribution in [0.4, 0.5) is 5.69 Å². The van der Waals surface area contributed by atoms with Crippen molar-refractivity contribution in [3.63, 3.8) is 0 Å². The Morgan fingerprint density at radius 2 is 2.17 bits per heavy atom. The average Bonchev–Trinajstić information content (AvgIpc) is 2.86. The second-order valence-electron chi connectivity index (χ2n) is 4.27. The van der Waals surface area contributed by atoms with E-state index >= 15 is 0 Å². The van der Waals surface area contributed by atoms with Crippen LogP contribution in [0.15, 0.2) is 29.2 Å². The number of hydrogen-bond acceptors (Lipinski definition) is 4. The monoisotopic (exact) mass is 267 g/mol. The molecular weight excluding hydrogens is 250 g/mol. The van der Waals surface area contributed by atoms with Crippen molar-refractivity contribution in [2.75, 3.05) is 18.1 Å². The second kappa shape index (κ2) is 6.11. The van der Waals surface area contributed by atoms with Gasteiger partial charge < -0.3 is 15.2 Å². The largest absolute Gasteiger partial charge is 0.479 e. The first kappa shape index (κ1) is 13.2. The van der Waals surface area contributed by atoms with Crippen LogP contribution in [0.25, 0.3) is 0 Å². The van der Waals surface area contributed by atoms with Crippen LogP contribution in [0.3, 0.4) is 0 Å². The third-order valence-corrected chi connectivity index (χ3v) is 3.75. The molecule has 2 rings (SSSR count). The van der Waals surface area contributed by atoms with Gasteiger partial charge in [0.15, 0.2) is 6.10 Å². The Balaban J connectivity index is 1.79. The summed E-state index contributed by atoms with van der Waals surface area (Å²) < 4.78 is 5.42. The number of aliphatic carboxylic acids is 1. The van der Waals surface area contributed by atoms with Gasteiger partial charge >= 0.3 is 5.97 Å². The molecule has 0 spiro atoms. The van der Waals surface area contributed by atoms with Gasteiger partial charge in [-0.15, -0.1) is 11.8 Å². The fourth-order valence-corrected chi connectivity index (χ4v) is 2.39. The van der Waals surface area contributed by atoms with E-state index in [1.165, 1.54) is 4.90 Å². The highest BCUT2D eigenvalue weighted by atomic mass is 32.2. The van der Waals surface area contributed by atoms with Gasteiger partial charge in [-0.3, -0.25) is 0 Å². The van der Waals surface area contributed by atoms with Crippen molar-refractivity contribution in [3.8, 4) is 0 Å². The molecule has 1 aromatic carbocycles. The number of carboxylic acid groups (broad SMARTS) is 1. The number of nitrogens with one attached hydrogen (secondary N) is 1. The first-order valence-electron chi connectivity index (χ1n) is 5.95. The van der Waals surface area contributed by atoms with Gasteiger partial charge in [-0.2, -0.15) is 0 Å². The molecule has 0 aliphatic carbocycles. The minimum Gasteiger partial charge on any atom is -0.479 e. The van der Waals surface area contributed by atoms with Crippen LogP contribution in [-0.2, 0) is 9.53 Å². The molecule has 1 saturated heterocycles. The molecule has 0 amide bonds. The zero-order valence-corrected chi connectivity index (χ0v) is 11.1. The molecule has 5 heteroatoms. The molecular formula is C13H17NO3S. The minimum absolute atomic E-state index is 0.00803. The van der Waals surface area contributed by atoms with Crippen molar-refractivity contribution < 1.29 is 14.6 Å². The van der Waals surface area contributed by atoms with Crippen LogP contribution >= 0.6 is 11.8 Å². The first-order valence-corrected chi connectivity index (χ1v) is 7.17. The number of anilines is 1. The van der Waals surface area contributed by atoms with Gasteiger partial charge in [-0.1, -0.05) is 0 Å². The van der Waals surface area contributed by atoms with Crippen LogP contribution in [0.1, 0.15) is 12.8 Å². The van der Waals surface area contributed by atoms with Crippen molar-refractivity contribution in [1.29, 1.82) is 0 Å². The number of thioether (sulfide) groups is 1. The van der Waals surface area contributed by atoms with Crippen molar-refractivity contribution in [1.82, 2.24) is 0 Å². The van der Waals surface area contributed by atoms with Crippen molar-refractivity contribution >= 4 is 23.4 Å². The summed E-state index contributed by atoms with van der Waals surface area (Å²) in [5, 5.41) is 12.1. The summed E-state index contributed by atoms with van der Waals surface area (Å²) in [5.41, 5.74) is 1.04. The van der Waals surface area contributed by atoms with Gasteiger partial charge in [0.25, 0.3) is 0 Å². The molecule has 1 aliphatic rings. The Bertz CT molecular complexity index is 407. The van der Waals surface area contributed by atoms with Crippen LogP contribution in [0, 0.1) is 0 Å². The normalized spacial score (nSPS) is 22.9. The summed E-state index contributed by atoms with van der Waals surface area (Å²) in [7, 11) is 0. The number of hydrogen-bond donors (Lipinski definition) is 2. The molecule has 1 aliphatic heterocycles. The lowest BCUT2D eigenvalue weighted by Gasteiger charge is -2.13. The third-order valence-electron chi connectivity index (χ3n) is 3.01. The van der Waals surface area contributed by atoms with Crippen LogP contribution < -0.4 is 5.32 Å². The molecule has 2 unspecified atom stereocenters. The molecule has 98 valence electrons. The quantitative estimate of drug-likeness (QED) is 0.803. The summed E-state index contributed by atoms with van der Waals surface area (Å²) in [6.07, 6.45) is 2.81. The van der Waals surface area contributed by atoms with E-state index in [0.717, 1.165) is 12.1 Å². The minimum atomic E-state index is -0.859. The smallest absolute Gasteiger partial charge is 0.332 e. The highest BCUT2D eigenvalue weighted by Crippen LogP contribution is 2.21. The zero-order valence-electron chi connectivity index (χ0n) is 10.3. The summed E-state index contributed by atoms with van der Waals surface area (Å²) in [6, 6.07) is 8.16. The van der Waals surface area contributed by atoms with E-state index in [1.807, 2.05) is 18.4 Å². The van der Waals surface area contributed by atoms with Gasteiger partial charge in [0.2, 0.25) is 0 Å². The van der Waals surface area contributed by atoms with Gasteiger partial charge in [0.1, 0.15) is 0 Å². The number of carbonyl (C=O) groups is 1. The van der Waals surface area contributed by atoms with E-state index in [0.29, 0.717) is 13.0 Å². The lowest BCUT2D eigenvalue weighted by molar-refractivity contribution is -0.149. The molecule has 0 saturated carbocycles. The second-order valence-corrected chi connectivity index (χ2v) is 5.15. The van der Waals surface area contributed by atoms with Gasteiger partial charge in [0.05, 0.1) is 6.10 Å². The molecule has 2 atom stereocenters. The molecule has 0 aromatic heterocycles. The Morgan fingerprint density at radius 3 is 2.72 bits per heavy atom. The third kappa shape index (κ3) is 3.40. The van der Waals surface area contributed by atoms with E-state index in [2.05, 4.69) is 17.4 Å². The predicted octanol–water partition coefficient (Wildman–Crippen LogP) is 2.45. The topological polar surface area (TPSA) is 58.6 Å². The van der Waals surface area contributed by atoms with Gasteiger partial charge in [-0.05, 0) is 43.4 Å². The molecule has 1 heterocycles. The highest BCUT2D eigenvalue weighted by molar-refractivity contribution is 7.98. The Labute approximate surface area is 111 Å². The summed E-state index contributed by atoms with van der Waals surface area (Å²) in [4.78, 5) is 12.0. The van der Waals surface area contributed by atoms with E-state index in [-0.39, 0.29) is 6.10 Å². The standard InChI is InChI=1S/C13H17NO3S/c1-18-11-5-2-9(3-6-11)14-8-10-4-7-12(17-10)13(15)16/h2-3,5-6,10,12,14H,4,7-8H2,1H3,(H,15,16). The number of benzene rings is 1. The van der Waals surface area contributed by atoms with Crippen LogP contribution in [-0.4, -0.2) is 36.1 Å². The lowest BCUT2D eigenvalue weighted by Crippen LogP contribution is -2.24. The van der Waals surface area contributed by atoms with E-state index in [9.17, 15) is 4.79 Å². The molecule has 1 fully saturated rings. The maximum absolute atomic E-state index is 10.7. The number of ether oxygens (including phenoxy) is 1. The molecule has 4 nitrogen and oxygen atoms in total. The highest BCUT2D eigenvalue weighted by Gasteiger charge is 2.29. The fraction of sp³-hybridized carbons (Fsp3) is 0.462. The summed E-state index contributed by atoms with van der Waals surface area (Å²) in [5.74, 6) is -0.859. The van der Waals surface area contributed by atoms with Crippen molar-refractivity contribution in [2.24, 2.45) is 0 Å². The Kier molecular flexibility index (Phi) is 4.49. The van der Waals surface area contributed by atoms with E-state index in [4.69, 9.17) is 9.84 Å². The maximum Gasteiger partial charge on any atom is 0.332 e. The fourth-order valence-electron chi connectivity index (χ4n) is 1.98. The summed E-state index contributed by atoms with van der Waals surface area (Å²) >= 11 is 1.71. The molecule has 18 heavy (non-hydrogen) atoms. The molecule has 1 aromatic rings. The average molecular weight is 267 g/mol.